The molecule has 2 aromatic rings. The first-order valence-electron chi connectivity index (χ1n) is 5.79. The highest BCUT2D eigenvalue weighted by molar-refractivity contribution is 7.99. The van der Waals surface area contributed by atoms with Crippen LogP contribution < -0.4 is 5.73 Å². The fourth-order valence-electron chi connectivity index (χ4n) is 1.83. The van der Waals surface area contributed by atoms with Crippen LogP contribution in [-0.4, -0.2) is 32.9 Å². The van der Waals surface area contributed by atoms with Crippen LogP contribution >= 0.6 is 11.8 Å². The number of nitrogens with zero attached hydrogens (tertiary/aromatic N) is 4. The summed E-state index contributed by atoms with van der Waals surface area (Å²) in [5.41, 5.74) is 7.75. The van der Waals surface area contributed by atoms with Crippen molar-refractivity contribution >= 4 is 17.5 Å². The summed E-state index contributed by atoms with van der Waals surface area (Å²) in [4.78, 5) is 0. The Morgan fingerprint density at radius 3 is 2.83 bits per heavy atom. The molecule has 0 unspecified atom stereocenters. The molecule has 0 saturated heterocycles. The van der Waals surface area contributed by atoms with E-state index >= 15 is 0 Å². The van der Waals surface area contributed by atoms with Gasteiger partial charge < -0.3 is 5.73 Å². The second-order valence-corrected chi connectivity index (χ2v) is 4.89. The standard InChI is InChI=1S/C12H13N5S/c13-7-6-11-14-15-12-17(11)16-10(8-18-12)9-4-2-1-3-5-9/h1-5H,6-8,13H2. The molecule has 0 saturated carbocycles. The van der Waals surface area contributed by atoms with Gasteiger partial charge in [0.2, 0.25) is 5.16 Å². The predicted octanol–water partition coefficient (Wildman–Crippen LogP) is 1.14. The van der Waals surface area contributed by atoms with Crippen molar-refractivity contribution in [1.29, 1.82) is 0 Å². The molecule has 0 bridgehead atoms. The van der Waals surface area contributed by atoms with E-state index in [0.717, 1.165) is 28.0 Å². The van der Waals surface area contributed by atoms with Gasteiger partial charge in [-0.05, 0) is 12.1 Å². The molecule has 0 amide bonds. The summed E-state index contributed by atoms with van der Waals surface area (Å²) in [6.45, 7) is 0.555. The van der Waals surface area contributed by atoms with Crippen LogP contribution in [0.5, 0.6) is 0 Å². The van der Waals surface area contributed by atoms with Crippen molar-refractivity contribution in [1.82, 2.24) is 14.9 Å². The zero-order valence-electron chi connectivity index (χ0n) is 9.78. The molecule has 2 N–H and O–H groups in total. The molecule has 5 nitrogen and oxygen atoms in total. The van der Waals surface area contributed by atoms with Gasteiger partial charge in [0, 0.05) is 12.2 Å². The van der Waals surface area contributed by atoms with Crippen LogP contribution in [0.2, 0.25) is 0 Å². The summed E-state index contributed by atoms with van der Waals surface area (Å²) in [5, 5.41) is 13.7. The van der Waals surface area contributed by atoms with E-state index < -0.39 is 0 Å². The van der Waals surface area contributed by atoms with Gasteiger partial charge in [-0.15, -0.1) is 10.2 Å². The fraction of sp³-hybridized carbons (Fsp3) is 0.250. The van der Waals surface area contributed by atoms with Crippen molar-refractivity contribution in [3.05, 3.63) is 41.7 Å². The Labute approximate surface area is 109 Å². The fourth-order valence-corrected chi connectivity index (χ4v) is 2.68. The van der Waals surface area contributed by atoms with E-state index in [0.29, 0.717) is 13.0 Å². The van der Waals surface area contributed by atoms with Crippen molar-refractivity contribution in [3.8, 4) is 0 Å². The molecule has 18 heavy (non-hydrogen) atoms. The smallest absolute Gasteiger partial charge is 0.212 e. The van der Waals surface area contributed by atoms with Crippen molar-refractivity contribution in [2.45, 2.75) is 11.6 Å². The van der Waals surface area contributed by atoms with Crippen LogP contribution in [0.3, 0.4) is 0 Å². The third-order valence-electron chi connectivity index (χ3n) is 2.71. The molecule has 1 aliphatic rings. The van der Waals surface area contributed by atoms with Crippen LogP contribution in [0.15, 0.2) is 40.6 Å². The summed E-state index contributed by atoms with van der Waals surface area (Å²) >= 11 is 1.66. The van der Waals surface area contributed by atoms with Crippen molar-refractivity contribution in [2.24, 2.45) is 10.8 Å². The summed E-state index contributed by atoms with van der Waals surface area (Å²) < 4.78 is 1.81. The number of aromatic nitrogens is 3. The first-order chi connectivity index (χ1) is 8.88. The number of fused-ring (bicyclic) bond motifs is 1. The maximum atomic E-state index is 5.56. The Bertz CT molecular complexity index is 575. The number of rotatable bonds is 3. The van der Waals surface area contributed by atoms with Crippen LogP contribution in [0, 0.1) is 0 Å². The summed E-state index contributed by atoms with van der Waals surface area (Å²) in [6.07, 6.45) is 0.694. The second-order valence-electron chi connectivity index (χ2n) is 3.95. The van der Waals surface area contributed by atoms with E-state index in [2.05, 4.69) is 27.4 Å². The Morgan fingerprint density at radius 1 is 1.22 bits per heavy atom. The van der Waals surface area contributed by atoms with E-state index in [1.165, 1.54) is 0 Å². The van der Waals surface area contributed by atoms with Crippen LogP contribution in [0.1, 0.15) is 11.4 Å². The van der Waals surface area contributed by atoms with Crippen LogP contribution in [0.25, 0.3) is 0 Å². The van der Waals surface area contributed by atoms with Gasteiger partial charge in [-0.2, -0.15) is 9.78 Å². The second kappa shape index (κ2) is 4.91. The molecule has 6 heteroatoms. The molecule has 1 aromatic carbocycles. The summed E-state index contributed by atoms with van der Waals surface area (Å²) in [6, 6.07) is 10.2. The lowest BCUT2D eigenvalue weighted by molar-refractivity contribution is 0.702. The first kappa shape index (κ1) is 11.4. The van der Waals surface area contributed by atoms with Crippen molar-refractivity contribution < 1.29 is 0 Å². The Kier molecular flexibility index (Phi) is 3.12. The minimum Gasteiger partial charge on any atom is -0.330 e. The van der Waals surface area contributed by atoms with Crippen LogP contribution in [-0.2, 0) is 6.42 Å². The molecule has 1 aromatic heterocycles. The quantitative estimate of drug-likeness (QED) is 0.897. The monoisotopic (exact) mass is 259 g/mol. The molecule has 0 spiro atoms. The van der Waals surface area contributed by atoms with Gasteiger partial charge in [-0.1, -0.05) is 42.1 Å². The molecule has 1 aliphatic heterocycles. The Balaban J connectivity index is 2.00. The number of hydrogen-bond donors (Lipinski definition) is 1. The molecule has 0 fully saturated rings. The van der Waals surface area contributed by atoms with E-state index in [4.69, 9.17) is 5.73 Å². The van der Waals surface area contributed by atoms with Crippen LogP contribution in [0.4, 0.5) is 0 Å². The SMILES string of the molecule is NCCc1nnc2n1N=C(c1ccccc1)CS2. The number of benzene rings is 1. The largest absolute Gasteiger partial charge is 0.330 e. The minimum atomic E-state index is 0.555. The van der Waals surface area contributed by atoms with E-state index in [9.17, 15) is 0 Å². The average molecular weight is 259 g/mol. The van der Waals surface area contributed by atoms with Gasteiger partial charge in [-0.25, -0.2) is 0 Å². The zero-order valence-corrected chi connectivity index (χ0v) is 10.6. The summed E-state index contributed by atoms with van der Waals surface area (Å²) in [5.74, 6) is 1.65. The third-order valence-corrected chi connectivity index (χ3v) is 3.64. The van der Waals surface area contributed by atoms with Gasteiger partial charge >= 0.3 is 0 Å². The Hall–Kier alpha value is -1.66. The molecule has 2 heterocycles. The Morgan fingerprint density at radius 2 is 2.06 bits per heavy atom. The van der Waals surface area contributed by atoms with Gasteiger partial charge in [0.25, 0.3) is 0 Å². The highest BCUT2D eigenvalue weighted by Crippen LogP contribution is 2.23. The normalized spacial score (nSPS) is 14.2. The first-order valence-corrected chi connectivity index (χ1v) is 6.77. The number of nitrogens with two attached hydrogens (primary N) is 1. The maximum Gasteiger partial charge on any atom is 0.212 e. The maximum absolute atomic E-state index is 5.56. The molecule has 3 rings (SSSR count). The van der Waals surface area contributed by atoms with Gasteiger partial charge in [-0.3, -0.25) is 0 Å². The third kappa shape index (κ3) is 2.04. The highest BCUT2D eigenvalue weighted by Gasteiger charge is 2.18. The van der Waals surface area contributed by atoms with Crippen molar-refractivity contribution in [2.75, 3.05) is 12.3 Å². The lowest BCUT2D eigenvalue weighted by Crippen LogP contribution is -2.16. The van der Waals surface area contributed by atoms with Crippen molar-refractivity contribution in [3.63, 3.8) is 0 Å². The molecule has 0 aliphatic carbocycles. The van der Waals surface area contributed by atoms with Gasteiger partial charge in [0.1, 0.15) is 0 Å². The van der Waals surface area contributed by atoms with Gasteiger partial charge in [0.05, 0.1) is 5.71 Å². The lowest BCUT2D eigenvalue weighted by Gasteiger charge is -2.13. The van der Waals surface area contributed by atoms with Gasteiger partial charge in [0.15, 0.2) is 5.82 Å². The highest BCUT2D eigenvalue weighted by atomic mass is 32.2. The molecule has 92 valence electrons. The number of hydrogen-bond acceptors (Lipinski definition) is 5. The molecular formula is C12H13N5S. The van der Waals surface area contributed by atoms with E-state index in [1.807, 2.05) is 22.9 Å². The predicted molar refractivity (Wildman–Crippen MR) is 71.9 cm³/mol. The molecular weight excluding hydrogens is 246 g/mol. The van der Waals surface area contributed by atoms with E-state index in [1.54, 1.807) is 11.8 Å². The van der Waals surface area contributed by atoms with E-state index in [-0.39, 0.29) is 0 Å². The zero-order chi connectivity index (χ0) is 12.4. The summed E-state index contributed by atoms with van der Waals surface area (Å²) in [7, 11) is 0. The topological polar surface area (TPSA) is 69.1 Å². The number of thioether (sulfide) groups is 1. The molecule has 0 radical (unpaired) electrons. The average Bonchev–Trinajstić information content (AvgIpc) is 2.83. The minimum absolute atomic E-state index is 0.555. The lowest BCUT2D eigenvalue weighted by atomic mass is 10.1. The molecule has 0 atom stereocenters.